The zero-order valence-corrected chi connectivity index (χ0v) is 13.5. The van der Waals surface area contributed by atoms with E-state index in [0.717, 1.165) is 51.4 Å². The van der Waals surface area contributed by atoms with Crippen LogP contribution in [0.5, 0.6) is 0 Å². The second-order valence-electron chi connectivity index (χ2n) is 6.53. The molecule has 6 heteroatoms. The first kappa shape index (κ1) is 15.4. The fourth-order valence-corrected chi connectivity index (χ4v) is 3.26. The van der Waals surface area contributed by atoms with Gasteiger partial charge in [0.15, 0.2) is 0 Å². The van der Waals surface area contributed by atoms with Crippen molar-refractivity contribution in [1.82, 2.24) is 24.7 Å². The zero-order valence-electron chi connectivity index (χ0n) is 13.5. The molecule has 2 aliphatic heterocycles. The SMILES string of the molecule is CN1CCN(C(=O)c2cncc(C3CCCN(C)C3)n2)CC1. The van der Waals surface area contributed by atoms with Crippen LogP contribution in [0.15, 0.2) is 12.4 Å². The summed E-state index contributed by atoms with van der Waals surface area (Å²) >= 11 is 0. The van der Waals surface area contributed by atoms with E-state index in [1.165, 1.54) is 6.42 Å². The summed E-state index contributed by atoms with van der Waals surface area (Å²) in [7, 11) is 4.22. The summed E-state index contributed by atoms with van der Waals surface area (Å²) in [5.74, 6) is 0.415. The van der Waals surface area contributed by atoms with Crippen LogP contribution < -0.4 is 0 Å². The van der Waals surface area contributed by atoms with Crippen LogP contribution in [0, 0.1) is 0 Å². The third kappa shape index (κ3) is 3.44. The van der Waals surface area contributed by atoms with Crippen LogP contribution >= 0.6 is 0 Å². The van der Waals surface area contributed by atoms with Crippen molar-refractivity contribution in [1.29, 1.82) is 0 Å². The van der Waals surface area contributed by atoms with Crippen molar-refractivity contribution in [2.24, 2.45) is 0 Å². The van der Waals surface area contributed by atoms with Gasteiger partial charge >= 0.3 is 0 Å². The van der Waals surface area contributed by atoms with E-state index in [1.54, 1.807) is 6.20 Å². The Labute approximate surface area is 132 Å². The molecule has 0 N–H and O–H groups in total. The van der Waals surface area contributed by atoms with Gasteiger partial charge in [0.1, 0.15) is 5.69 Å². The van der Waals surface area contributed by atoms with Gasteiger partial charge in [0.2, 0.25) is 0 Å². The van der Waals surface area contributed by atoms with Crippen molar-refractivity contribution in [2.45, 2.75) is 18.8 Å². The zero-order chi connectivity index (χ0) is 15.5. The van der Waals surface area contributed by atoms with E-state index < -0.39 is 0 Å². The number of aromatic nitrogens is 2. The molecule has 0 saturated carbocycles. The van der Waals surface area contributed by atoms with Crippen LogP contribution in [0.1, 0.15) is 34.9 Å². The molecular formula is C16H25N5O. The second-order valence-corrected chi connectivity index (χ2v) is 6.53. The topological polar surface area (TPSA) is 52.6 Å². The lowest BCUT2D eigenvalue weighted by Gasteiger charge is -2.32. The lowest BCUT2D eigenvalue weighted by Crippen LogP contribution is -2.47. The van der Waals surface area contributed by atoms with Crippen molar-refractivity contribution in [3.63, 3.8) is 0 Å². The highest BCUT2D eigenvalue weighted by atomic mass is 16.2. The van der Waals surface area contributed by atoms with Crippen LogP contribution in [-0.2, 0) is 0 Å². The Kier molecular flexibility index (Phi) is 4.69. The summed E-state index contributed by atoms with van der Waals surface area (Å²) in [5.41, 5.74) is 1.46. The Morgan fingerprint density at radius 2 is 1.86 bits per heavy atom. The van der Waals surface area contributed by atoms with Gasteiger partial charge in [0.05, 0.1) is 11.9 Å². The first-order valence-corrected chi connectivity index (χ1v) is 8.12. The molecule has 1 aromatic rings. The van der Waals surface area contributed by atoms with Gasteiger partial charge in [-0.2, -0.15) is 0 Å². The molecule has 2 aliphatic rings. The fourth-order valence-electron chi connectivity index (χ4n) is 3.26. The van der Waals surface area contributed by atoms with E-state index in [4.69, 9.17) is 0 Å². The number of amides is 1. The Morgan fingerprint density at radius 3 is 2.59 bits per heavy atom. The van der Waals surface area contributed by atoms with E-state index in [-0.39, 0.29) is 5.91 Å². The number of piperazine rings is 1. The molecule has 0 spiro atoms. The third-order valence-corrected chi connectivity index (χ3v) is 4.71. The highest BCUT2D eigenvalue weighted by molar-refractivity contribution is 5.92. The van der Waals surface area contributed by atoms with Crippen molar-refractivity contribution < 1.29 is 4.79 Å². The number of hydrogen-bond donors (Lipinski definition) is 0. The van der Waals surface area contributed by atoms with Gasteiger partial charge in [-0.3, -0.25) is 9.78 Å². The van der Waals surface area contributed by atoms with Crippen LogP contribution in [-0.4, -0.2) is 83.9 Å². The minimum atomic E-state index is 0.0200. The maximum atomic E-state index is 12.6. The average Bonchev–Trinajstić information content (AvgIpc) is 2.55. The van der Waals surface area contributed by atoms with E-state index >= 15 is 0 Å². The predicted octanol–water partition coefficient (Wildman–Crippen LogP) is 0.673. The van der Waals surface area contributed by atoms with Gasteiger partial charge in [0, 0.05) is 44.8 Å². The number of likely N-dealkylation sites (tertiary alicyclic amines) is 1. The Morgan fingerprint density at radius 1 is 1.09 bits per heavy atom. The van der Waals surface area contributed by atoms with Gasteiger partial charge in [-0.25, -0.2) is 4.98 Å². The summed E-state index contributed by atoms with van der Waals surface area (Å²) in [5, 5.41) is 0. The molecule has 0 bridgehead atoms. The number of likely N-dealkylation sites (N-methyl/N-ethyl adjacent to an activating group) is 2. The van der Waals surface area contributed by atoms with Gasteiger partial charge in [-0.1, -0.05) is 0 Å². The smallest absolute Gasteiger partial charge is 0.274 e. The average molecular weight is 303 g/mol. The Bertz CT molecular complexity index is 527. The molecule has 3 heterocycles. The van der Waals surface area contributed by atoms with E-state index in [1.807, 2.05) is 11.1 Å². The summed E-state index contributed by atoms with van der Waals surface area (Å²) in [4.78, 5) is 28.0. The van der Waals surface area contributed by atoms with Gasteiger partial charge < -0.3 is 14.7 Å². The molecule has 2 fully saturated rings. The van der Waals surface area contributed by atoms with Gasteiger partial charge in [-0.05, 0) is 33.5 Å². The quantitative estimate of drug-likeness (QED) is 0.804. The Hall–Kier alpha value is -1.53. The van der Waals surface area contributed by atoms with E-state index in [0.29, 0.717) is 11.6 Å². The van der Waals surface area contributed by atoms with Gasteiger partial charge in [-0.15, -0.1) is 0 Å². The van der Waals surface area contributed by atoms with E-state index in [2.05, 4.69) is 33.9 Å². The molecule has 3 rings (SSSR count). The molecule has 1 aromatic heterocycles. The molecule has 0 aromatic carbocycles. The number of hydrogen-bond acceptors (Lipinski definition) is 5. The minimum absolute atomic E-state index is 0.0200. The summed E-state index contributed by atoms with van der Waals surface area (Å²) in [6.45, 7) is 5.53. The molecule has 0 aliphatic carbocycles. The molecule has 120 valence electrons. The first-order valence-electron chi connectivity index (χ1n) is 8.12. The number of piperidine rings is 1. The molecule has 1 unspecified atom stereocenters. The molecular weight excluding hydrogens is 278 g/mol. The highest BCUT2D eigenvalue weighted by Crippen LogP contribution is 2.24. The molecule has 6 nitrogen and oxygen atoms in total. The predicted molar refractivity (Wildman–Crippen MR) is 84.9 cm³/mol. The highest BCUT2D eigenvalue weighted by Gasteiger charge is 2.24. The number of rotatable bonds is 2. The maximum Gasteiger partial charge on any atom is 0.274 e. The lowest BCUT2D eigenvalue weighted by atomic mass is 9.95. The molecule has 1 amide bonds. The largest absolute Gasteiger partial charge is 0.335 e. The summed E-state index contributed by atoms with van der Waals surface area (Å²) in [6.07, 6.45) is 5.74. The fraction of sp³-hybridized carbons (Fsp3) is 0.688. The maximum absolute atomic E-state index is 12.6. The number of carbonyl (C=O) groups excluding carboxylic acids is 1. The van der Waals surface area contributed by atoms with Gasteiger partial charge in [0.25, 0.3) is 5.91 Å². The monoisotopic (exact) mass is 303 g/mol. The third-order valence-electron chi connectivity index (χ3n) is 4.71. The minimum Gasteiger partial charge on any atom is -0.335 e. The summed E-state index contributed by atoms with van der Waals surface area (Å²) in [6, 6.07) is 0. The van der Waals surface area contributed by atoms with Crippen LogP contribution in [0.4, 0.5) is 0 Å². The van der Waals surface area contributed by atoms with Crippen molar-refractivity contribution >= 4 is 5.91 Å². The lowest BCUT2D eigenvalue weighted by molar-refractivity contribution is 0.0657. The van der Waals surface area contributed by atoms with Crippen molar-refractivity contribution in [2.75, 3.05) is 53.4 Å². The molecule has 1 atom stereocenters. The number of carbonyl (C=O) groups is 1. The van der Waals surface area contributed by atoms with Crippen LogP contribution in [0.25, 0.3) is 0 Å². The molecule has 0 radical (unpaired) electrons. The normalized spacial score (nSPS) is 24.5. The molecule has 22 heavy (non-hydrogen) atoms. The first-order chi connectivity index (χ1) is 10.6. The van der Waals surface area contributed by atoms with Crippen molar-refractivity contribution in [3.8, 4) is 0 Å². The van der Waals surface area contributed by atoms with E-state index in [9.17, 15) is 4.79 Å². The van der Waals surface area contributed by atoms with Crippen LogP contribution in [0.2, 0.25) is 0 Å². The Balaban J connectivity index is 1.71. The number of nitrogens with zero attached hydrogens (tertiary/aromatic N) is 5. The standard InChI is InChI=1S/C16H25N5O/c1-19-6-8-21(9-7-19)16(22)15-11-17-10-14(18-15)13-4-3-5-20(2)12-13/h10-11,13H,3-9,12H2,1-2H3. The van der Waals surface area contributed by atoms with Crippen molar-refractivity contribution in [3.05, 3.63) is 23.8 Å². The second kappa shape index (κ2) is 6.71. The summed E-state index contributed by atoms with van der Waals surface area (Å²) < 4.78 is 0. The molecule has 2 saturated heterocycles. The van der Waals surface area contributed by atoms with Crippen LogP contribution in [0.3, 0.4) is 0 Å².